The van der Waals surface area contributed by atoms with E-state index in [4.69, 9.17) is 21.1 Å². The van der Waals surface area contributed by atoms with Crippen molar-refractivity contribution in [2.75, 3.05) is 37.8 Å². The van der Waals surface area contributed by atoms with Crippen molar-refractivity contribution in [3.63, 3.8) is 0 Å². The minimum Gasteiger partial charge on any atom is -0.497 e. The monoisotopic (exact) mass is 488 g/mol. The molecule has 0 aromatic heterocycles. The number of aliphatic imine (C=N–C) groups is 1. The van der Waals surface area contributed by atoms with Gasteiger partial charge < -0.3 is 19.7 Å². The second kappa shape index (κ2) is 9.52. The van der Waals surface area contributed by atoms with Crippen LogP contribution in [0.2, 0.25) is 5.02 Å². The van der Waals surface area contributed by atoms with E-state index in [9.17, 15) is 9.59 Å². The number of hydrogen-bond donors (Lipinski definition) is 1. The number of methoxy groups -OCH3 is 2. The Morgan fingerprint density at radius 1 is 1.24 bits per heavy atom. The van der Waals surface area contributed by atoms with Crippen LogP contribution in [0.25, 0.3) is 0 Å². The number of nitrogens with zero attached hydrogens (tertiary/aromatic N) is 3. The van der Waals surface area contributed by atoms with Gasteiger partial charge in [-0.25, -0.2) is 4.99 Å². The van der Waals surface area contributed by atoms with Crippen molar-refractivity contribution < 1.29 is 19.1 Å². The third kappa shape index (κ3) is 4.74. The van der Waals surface area contributed by atoms with Gasteiger partial charge in [-0.15, -0.1) is 0 Å². The van der Waals surface area contributed by atoms with Crippen molar-refractivity contribution >= 4 is 51.7 Å². The molecule has 0 spiro atoms. The van der Waals surface area contributed by atoms with Crippen LogP contribution in [0.5, 0.6) is 11.5 Å². The maximum absolute atomic E-state index is 13.1. The van der Waals surface area contributed by atoms with Gasteiger partial charge in [-0.1, -0.05) is 41.1 Å². The zero-order valence-corrected chi connectivity index (χ0v) is 20.4. The minimum absolute atomic E-state index is 0.0701. The molecule has 33 heavy (non-hydrogen) atoms. The standard InChI is InChI=1S/C23H25ClN4O4S/c1-13-5-6-17(14(2)7-13)26-20(29)10-19-22(30)28-12-27(11-25-23(28)33-19)18-9-15(31-3)8-16(24)21(18)32-4/h5-9,19H,10-12H2,1-4H3,(H,26,29)/t19-/m0/s1. The Morgan fingerprint density at radius 2 is 2.03 bits per heavy atom. The van der Waals surface area contributed by atoms with Gasteiger partial charge in [0.05, 0.1) is 24.9 Å². The number of rotatable bonds is 6. The highest BCUT2D eigenvalue weighted by Gasteiger charge is 2.42. The molecule has 2 aliphatic heterocycles. The molecular weight excluding hydrogens is 464 g/mol. The number of ether oxygens (including phenoxy) is 2. The van der Waals surface area contributed by atoms with Gasteiger partial charge in [0.1, 0.15) is 24.3 Å². The van der Waals surface area contributed by atoms with Crippen LogP contribution in [0.3, 0.4) is 0 Å². The highest BCUT2D eigenvalue weighted by molar-refractivity contribution is 8.15. The van der Waals surface area contributed by atoms with Gasteiger partial charge in [-0.3, -0.25) is 14.5 Å². The summed E-state index contributed by atoms with van der Waals surface area (Å²) in [5.74, 6) is 0.715. The summed E-state index contributed by atoms with van der Waals surface area (Å²) in [5.41, 5.74) is 3.54. The first-order chi connectivity index (χ1) is 15.8. The summed E-state index contributed by atoms with van der Waals surface area (Å²) < 4.78 is 10.8. The first kappa shape index (κ1) is 23.3. The molecule has 0 saturated carbocycles. The van der Waals surface area contributed by atoms with Crippen molar-refractivity contribution in [2.24, 2.45) is 4.99 Å². The van der Waals surface area contributed by atoms with Crippen LogP contribution in [-0.2, 0) is 9.59 Å². The van der Waals surface area contributed by atoms with E-state index in [0.717, 1.165) is 16.8 Å². The second-order valence-electron chi connectivity index (χ2n) is 7.87. The molecule has 174 valence electrons. The Morgan fingerprint density at radius 3 is 2.73 bits per heavy atom. The Labute approximate surface area is 201 Å². The zero-order chi connectivity index (χ0) is 23.7. The number of carbonyl (C=O) groups excluding carboxylic acids is 2. The molecular formula is C23H25ClN4O4S. The van der Waals surface area contributed by atoms with Gasteiger partial charge in [0.15, 0.2) is 10.9 Å². The lowest BCUT2D eigenvalue weighted by atomic mass is 10.1. The van der Waals surface area contributed by atoms with Crippen molar-refractivity contribution in [3.05, 3.63) is 46.5 Å². The van der Waals surface area contributed by atoms with Crippen LogP contribution in [0.4, 0.5) is 11.4 Å². The van der Waals surface area contributed by atoms with Crippen molar-refractivity contribution in [1.29, 1.82) is 0 Å². The average molecular weight is 489 g/mol. The van der Waals surface area contributed by atoms with Crippen molar-refractivity contribution in [2.45, 2.75) is 25.5 Å². The fourth-order valence-corrected chi connectivity index (χ4v) is 5.24. The molecule has 2 heterocycles. The maximum atomic E-state index is 13.1. The number of fused-ring (bicyclic) bond motifs is 1. The molecule has 2 aliphatic rings. The third-order valence-electron chi connectivity index (χ3n) is 5.51. The lowest BCUT2D eigenvalue weighted by Crippen LogP contribution is -2.46. The first-order valence-corrected chi connectivity index (χ1v) is 11.6. The van der Waals surface area contributed by atoms with E-state index in [0.29, 0.717) is 34.0 Å². The van der Waals surface area contributed by atoms with Crippen LogP contribution in [-0.4, -0.2) is 54.7 Å². The molecule has 4 rings (SSSR count). The predicted octanol–water partition coefficient (Wildman–Crippen LogP) is 4.04. The lowest BCUT2D eigenvalue weighted by Gasteiger charge is -2.33. The molecule has 0 radical (unpaired) electrons. The SMILES string of the molecule is COc1cc(Cl)c(OC)c(N2CN=C3S[C@@H](CC(=O)Nc4ccc(C)cc4C)C(=O)N3C2)c1. The predicted molar refractivity (Wildman–Crippen MR) is 132 cm³/mol. The number of benzene rings is 2. The van der Waals surface area contributed by atoms with E-state index in [-0.39, 0.29) is 24.9 Å². The lowest BCUT2D eigenvalue weighted by molar-refractivity contribution is -0.128. The molecule has 8 nitrogen and oxygen atoms in total. The van der Waals surface area contributed by atoms with Crippen LogP contribution in [0, 0.1) is 13.8 Å². The Hall–Kier alpha value is -2.91. The molecule has 0 aliphatic carbocycles. The fraction of sp³-hybridized carbons (Fsp3) is 0.348. The summed E-state index contributed by atoms with van der Waals surface area (Å²) in [5, 5.41) is 3.42. The van der Waals surface area contributed by atoms with Crippen LogP contribution < -0.4 is 19.7 Å². The number of anilines is 2. The molecule has 10 heteroatoms. The van der Waals surface area contributed by atoms with E-state index in [2.05, 4.69) is 10.3 Å². The molecule has 0 unspecified atom stereocenters. The van der Waals surface area contributed by atoms with Crippen LogP contribution >= 0.6 is 23.4 Å². The topological polar surface area (TPSA) is 83.5 Å². The highest BCUT2D eigenvalue weighted by atomic mass is 35.5. The summed E-state index contributed by atoms with van der Waals surface area (Å²) in [6, 6.07) is 9.30. The molecule has 1 N–H and O–H groups in total. The molecule has 1 saturated heterocycles. The molecule has 2 aromatic rings. The van der Waals surface area contributed by atoms with E-state index >= 15 is 0 Å². The molecule has 0 bridgehead atoms. The van der Waals surface area contributed by atoms with E-state index in [1.807, 2.05) is 36.9 Å². The van der Waals surface area contributed by atoms with Crippen LogP contribution in [0.1, 0.15) is 17.5 Å². The summed E-state index contributed by atoms with van der Waals surface area (Å²) in [6.07, 6.45) is 0.0701. The number of hydrogen-bond acceptors (Lipinski definition) is 7. The van der Waals surface area contributed by atoms with Crippen LogP contribution in [0.15, 0.2) is 35.3 Å². The molecule has 1 atom stereocenters. The van der Waals surface area contributed by atoms with E-state index in [1.165, 1.54) is 18.9 Å². The quantitative estimate of drug-likeness (QED) is 0.660. The summed E-state index contributed by atoms with van der Waals surface area (Å²) >= 11 is 7.67. The summed E-state index contributed by atoms with van der Waals surface area (Å²) in [7, 11) is 3.10. The van der Waals surface area contributed by atoms with Crippen molar-refractivity contribution in [1.82, 2.24) is 4.90 Å². The molecule has 1 fully saturated rings. The normalized spacial score (nSPS) is 17.5. The molecule has 2 amide bonds. The number of amidine groups is 1. The Kier molecular flexibility index (Phi) is 6.71. The smallest absolute Gasteiger partial charge is 0.244 e. The maximum Gasteiger partial charge on any atom is 0.244 e. The van der Waals surface area contributed by atoms with Gasteiger partial charge in [-0.05, 0) is 25.5 Å². The number of carbonyl (C=O) groups is 2. The van der Waals surface area contributed by atoms with Gasteiger partial charge >= 0.3 is 0 Å². The second-order valence-corrected chi connectivity index (χ2v) is 9.45. The number of halogens is 1. The summed E-state index contributed by atoms with van der Waals surface area (Å²) in [6.45, 7) is 4.55. The van der Waals surface area contributed by atoms with E-state index < -0.39 is 5.25 Å². The number of amides is 2. The number of nitrogens with one attached hydrogen (secondary N) is 1. The molecule has 2 aromatic carbocycles. The Bertz CT molecular complexity index is 1140. The summed E-state index contributed by atoms with van der Waals surface area (Å²) in [4.78, 5) is 33.8. The number of thioether (sulfide) groups is 1. The largest absolute Gasteiger partial charge is 0.497 e. The first-order valence-electron chi connectivity index (χ1n) is 10.4. The number of aryl methyl sites for hydroxylation is 2. The zero-order valence-electron chi connectivity index (χ0n) is 18.8. The fourth-order valence-electron chi connectivity index (χ4n) is 3.84. The van der Waals surface area contributed by atoms with Gasteiger partial charge in [0.2, 0.25) is 11.8 Å². The van der Waals surface area contributed by atoms with E-state index in [1.54, 1.807) is 24.1 Å². The highest BCUT2D eigenvalue weighted by Crippen LogP contribution is 2.41. The van der Waals surface area contributed by atoms with Gasteiger partial charge in [-0.2, -0.15) is 0 Å². The van der Waals surface area contributed by atoms with Gasteiger partial charge in [0, 0.05) is 24.2 Å². The third-order valence-corrected chi connectivity index (χ3v) is 7.01. The minimum atomic E-state index is -0.523. The average Bonchev–Trinajstić information content (AvgIpc) is 3.09. The van der Waals surface area contributed by atoms with Crippen molar-refractivity contribution in [3.8, 4) is 11.5 Å². The Balaban J connectivity index is 1.46. The van der Waals surface area contributed by atoms with Gasteiger partial charge in [0.25, 0.3) is 0 Å².